The molecule has 1 aromatic heterocycles. The molecule has 4 nitrogen and oxygen atoms in total. The first-order valence-corrected chi connectivity index (χ1v) is 9.71. The summed E-state index contributed by atoms with van der Waals surface area (Å²) >= 11 is 3.49. The van der Waals surface area contributed by atoms with Crippen LogP contribution < -0.4 is 4.90 Å². The number of hydrogen-bond acceptors (Lipinski definition) is 3. The summed E-state index contributed by atoms with van der Waals surface area (Å²) in [7, 11) is 0. The Kier molecular flexibility index (Phi) is 4.56. The number of halogens is 1. The minimum atomic E-state index is -0.516. The van der Waals surface area contributed by atoms with Gasteiger partial charge in [-0.1, -0.05) is 46.3 Å². The SMILES string of the molecule is CC1(C)N(Cc2ccccc2)C(=O)C(c2ccco2)N1c1ccc(Br)cc1. The Hall–Kier alpha value is -2.53. The van der Waals surface area contributed by atoms with Gasteiger partial charge in [-0.2, -0.15) is 0 Å². The summed E-state index contributed by atoms with van der Waals surface area (Å²) in [4.78, 5) is 17.6. The summed E-state index contributed by atoms with van der Waals surface area (Å²) < 4.78 is 6.66. The van der Waals surface area contributed by atoms with Crippen LogP contribution in [0.4, 0.5) is 5.69 Å². The molecule has 138 valence electrons. The lowest BCUT2D eigenvalue weighted by Crippen LogP contribution is -2.49. The third kappa shape index (κ3) is 3.16. The number of benzene rings is 2. The summed E-state index contributed by atoms with van der Waals surface area (Å²) in [5.41, 5.74) is 1.57. The van der Waals surface area contributed by atoms with Crippen LogP contribution in [0, 0.1) is 0 Å². The Morgan fingerprint density at radius 3 is 2.33 bits per heavy atom. The molecule has 0 radical (unpaired) electrons. The number of furan rings is 1. The Balaban J connectivity index is 1.79. The molecule has 0 bridgehead atoms. The van der Waals surface area contributed by atoms with Crippen molar-refractivity contribution < 1.29 is 9.21 Å². The van der Waals surface area contributed by atoms with Gasteiger partial charge in [0.15, 0.2) is 6.04 Å². The van der Waals surface area contributed by atoms with Crippen molar-refractivity contribution in [3.63, 3.8) is 0 Å². The molecule has 4 rings (SSSR count). The van der Waals surface area contributed by atoms with Crippen LogP contribution in [-0.4, -0.2) is 16.5 Å². The van der Waals surface area contributed by atoms with Crippen molar-refractivity contribution in [3.05, 3.63) is 88.8 Å². The van der Waals surface area contributed by atoms with Crippen molar-refractivity contribution in [1.29, 1.82) is 0 Å². The number of amides is 1. The summed E-state index contributed by atoms with van der Waals surface area (Å²) in [6.07, 6.45) is 1.62. The lowest BCUT2D eigenvalue weighted by atomic mass is 10.1. The molecule has 5 heteroatoms. The largest absolute Gasteiger partial charge is 0.467 e. The number of rotatable bonds is 4. The fourth-order valence-corrected chi connectivity index (χ4v) is 4.04. The van der Waals surface area contributed by atoms with Gasteiger partial charge in [-0.25, -0.2) is 0 Å². The first-order valence-electron chi connectivity index (χ1n) is 8.92. The maximum Gasteiger partial charge on any atom is 0.255 e. The van der Waals surface area contributed by atoms with Crippen LogP contribution >= 0.6 is 15.9 Å². The molecule has 1 aliphatic rings. The van der Waals surface area contributed by atoms with Gasteiger partial charge in [-0.15, -0.1) is 0 Å². The van der Waals surface area contributed by atoms with Gasteiger partial charge in [0.25, 0.3) is 5.91 Å². The zero-order valence-corrected chi connectivity index (χ0v) is 16.9. The van der Waals surface area contributed by atoms with Crippen LogP contribution in [-0.2, 0) is 11.3 Å². The Morgan fingerprint density at radius 1 is 1.00 bits per heavy atom. The summed E-state index contributed by atoms with van der Waals surface area (Å²) in [5, 5.41) is 0. The van der Waals surface area contributed by atoms with Crippen molar-refractivity contribution in [1.82, 2.24) is 4.90 Å². The lowest BCUT2D eigenvalue weighted by molar-refractivity contribution is -0.132. The smallest absolute Gasteiger partial charge is 0.255 e. The van der Waals surface area contributed by atoms with E-state index in [2.05, 4.69) is 34.7 Å². The third-order valence-electron chi connectivity index (χ3n) is 5.11. The predicted molar refractivity (Wildman–Crippen MR) is 109 cm³/mol. The topological polar surface area (TPSA) is 36.7 Å². The highest BCUT2D eigenvalue weighted by Crippen LogP contribution is 2.44. The number of nitrogens with zero attached hydrogens (tertiary/aromatic N) is 2. The normalized spacial score (nSPS) is 18.9. The van der Waals surface area contributed by atoms with Crippen LogP contribution in [0.5, 0.6) is 0 Å². The molecule has 2 aromatic carbocycles. The van der Waals surface area contributed by atoms with Crippen LogP contribution in [0.1, 0.15) is 31.2 Å². The highest BCUT2D eigenvalue weighted by Gasteiger charge is 2.53. The zero-order valence-electron chi connectivity index (χ0n) is 15.3. The number of anilines is 1. The maximum atomic E-state index is 13.5. The van der Waals surface area contributed by atoms with Gasteiger partial charge < -0.3 is 14.2 Å². The van der Waals surface area contributed by atoms with Crippen molar-refractivity contribution >= 4 is 27.5 Å². The van der Waals surface area contributed by atoms with Gasteiger partial charge in [-0.3, -0.25) is 4.79 Å². The molecule has 3 aromatic rings. The molecule has 1 amide bonds. The van der Waals surface area contributed by atoms with E-state index in [1.54, 1.807) is 6.26 Å². The second kappa shape index (κ2) is 6.89. The molecule has 2 heterocycles. The summed E-state index contributed by atoms with van der Waals surface area (Å²) in [6, 6.07) is 21.3. The van der Waals surface area contributed by atoms with Gasteiger partial charge >= 0.3 is 0 Å². The Bertz CT molecular complexity index is 921. The second-order valence-electron chi connectivity index (χ2n) is 7.17. The van der Waals surface area contributed by atoms with Crippen LogP contribution in [0.15, 0.2) is 81.9 Å². The average molecular weight is 425 g/mol. The third-order valence-corrected chi connectivity index (χ3v) is 5.64. The predicted octanol–water partition coefficient (Wildman–Crippen LogP) is 5.37. The quantitative estimate of drug-likeness (QED) is 0.564. The molecule has 0 aliphatic carbocycles. The van der Waals surface area contributed by atoms with Crippen molar-refractivity contribution in [2.45, 2.75) is 32.1 Å². The first kappa shape index (κ1) is 17.9. The van der Waals surface area contributed by atoms with Crippen LogP contribution in [0.2, 0.25) is 0 Å². The standard InChI is InChI=1S/C22H21BrN2O2/c1-22(2)24(15-16-7-4-3-5-8-16)21(26)20(19-9-6-14-27-19)25(22)18-12-10-17(23)11-13-18/h3-14,20H,15H2,1-2H3. The minimum Gasteiger partial charge on any atom is -0.467 e. The van der Waals surface area contributed by atoms with Gasteiger partial charge in [0, 0.05) is 16.7 Å². The lowest BCUT2D eigenvalue weighted by Gasteiger charge is -2.40. The molecule has 27 heavy (non-hydrogen) atoms. The van der Waals surface area contributed by atoms with Crippen molar-refractivity contribution in [2.24, 2.45) is 0 Å². The van der Waals surface area contributed by atoms with Gasteiger partial charge in [0.1, 0.15) is 11.4 Å². The molecule has 0 saturated carbocycles. The zero-order chi connectivity index (χ0) is 19.0. The molecule has 0 spiro atoms. The minimum absolute atomic E-state index is 0.0433. The number of carbonyl (C=O) groups is 1. The van der Waals surface area contributed by atoms with Gasteiger partial charge in [0.05, 0.1) is 6.26 Å². The first-order chi connectivity index (χ1) is 13.0. The van der Waals surface area contributed by atoms with Crippen molar-refractivity contribution in [2.75, 3.05) is 4.90 Å². The van der Waals surface area contributed by atoms with Crippen LogP contribution in [0.25, 0.3) is 0 Å². The van der Waals surface area contributed by atoms with Crippen molar-refractivity contribution in [3.8, 4) is 0 Å². The van der Waals surface area contributed by atoms with E-state index in [9.17, 15) is 4.79 Å². The fourth-order valence-electron chi connectivity index (χ4n) is 3.77. The van der Waals surface area contributed by atoms with Crippen LogP contribution in [0.3, 0.4) is 0 Å². The Labute approximate surface area is 167 Å². The summed E-state index contributed by atoms with van der Waals surface area (Å²) in [6.45, 7) is 4.72. The Morgan fingerprint density at radius 2 is 1.70 bits per heavy atom. The van der Waals surface area contributed by atoms with E-state index in [0.717, 1.165) is 15.7 Å². The van der Waals surface area contributed by atoms with Gasteiger partial charge in [-0.05, 0) is 55.8 Å². The fraction of sp³-hybridized carbons (Fsp3) is 0.227. The number of hydrogen-bond donors (Lipinski definition) is 0. The van der Waals surface area contributed by atoms with E-state index >= 15 is 0 Å². The molecule has 1 saturated heterocycles. The molecule has 1 unspecified atom stereocenters. The van der Waals surface area contributed by atoms with E-state index in [1.165, 1.54) is 0 Å². The van der Waals surface area contributed by atoms with E-state index in [1.807, 2.05) is 71.6 Å². The average Bonchev–Trinajstić information content (AvgIpc) is 3.24. The second-order valence-corrected chi connectivity index (χ2v) is 8.08. The van der Waals surface area contributed by atoms with E-state index in [-0.39, 0.29) is 5.91 Å². The molecular formula is C22H21BrN2O2. The molecular weight excluding hydrogens is 404 g/mol. The molecule has 1 aliphatic heterocycles. The van der Waals surface area contributed by atoms with E-state index in [4.69, 9.17) is 4.42 Å². The monoisotopic (exact) mass is 424 g/mol. The van der Waals surface area contributed by atoms with E-state index in [0.29, 0.717) is 12.3 Å². The summed E-state index contributed by atoms with van der Waals surface area (Å²) in [5.74, 6) is 0.702. The maximum absolute atomic E-state index is 13.5. The highest BCUT2D eigenvalue weighted by molar-refractivity contribution is 9.10. The highest BCUT2D eigenvalue weighted by atomic mass is 79.9. The number of carbonyl (C=O) groups excluding carboxylic acids is 1. The molecule has 0 N–H and O–H groups in total. The molecule has 1 atom stereocenters. The van der Waals surface area contributed by atoms with E-state index < -0.39 is 11.7 Å². The van der Waals surface area contributed by atoms with Gasteiger partial charge in [0.2, 0.25) is 0 Å². The molecule has 1 fully saturated rings.